The van der Waals surface area contributed by atoms with Gasteiger partial charge in [0.15, 0.2) is 0 Å². The highest BCUT2D eigenvalue weighted by molar-refractivity contribution is 5.80. The van der Waals surface area contributed by atoms with Crippen LogP contribution in [0.2, 0.25) is 0 Å². The van der Waals surface area contributed by atoms with E-state index in [9.17, 15) is 0 Å². The second kappa shape index (κ2) is 6.19. The van der Waals surface area contributed by atoms with Crippen molar-refractivity contribution in [2.45, 2.75) is 13.0 Å². The number of rotatable bonds is 4. The predicted molar refractivity (Wildman–Crippen MR) is 90.4 cm³/mol. The van der Waals surface area contributed by atoms with Gasteiger partial charge in [-0.1, -0.05) is 30.3 Å². The quantitative estimate of drug-likeness (QED) is 0.922. The number of hydrogen-bond donors (Lipinski definition) is 1. The summed E-state index contributed by atoms with van der Waals surface area (Å²) in [7, 11) is 4.26. The minimum atomic E-state index is 0.886. The third kappa shape index (κ3) is 3.03. The molecule has 0 fully saturated rings. The molecule has 0 atom stereocenters. The number of para-hydroxylation sites is 3. The number of nitrogens with zero attached hydrogens (tertiary/aromatic N) is 2. The minimum Gasteiger partial charge on any atom is -0.379 e. The van der Waals surface area contributed by atoms with Crippen molar-refractivity contribution in [1.29, 1.82) is 0 Å². The topological polar surface area (TPSA) is 18.5 Å². The fourth-order valence-electron chi connectivity index (χ4n) is 2.89. The van der Waals surface area contributed by atoms with Crippen molar-refractivity contribution >= 4 is 17.1 Å². The van der Waals surface area contributed by atoms with Gasteiger partial charge in [-0.3, -0.25) is 0 Å². The summed E-state index contributed by atoms with van der Waals surface area (Å²) >= 11 is 0. The van der Waals surface area contributed by atoms with Crippen LogP contribution in [-0.4, -0.2) is 32.1 Å². The maximum Gasteiger partial charge on any atom is 0.0646 e. The first-order chi connectivity index (χ1) is 10.3. The molecule has 2 aromatic rings. The van der Waals surface area contributed by atoms with Crippen LogP contribution in [0.1, 0.15) is 12.0 Å². The summed E-state index contributed by atoms with van der Waals surface area (Å²) in [5.41, 5.74) is 5.19. The van der Waals surface area contributed by atoms with E-state index in [1.165, 1.54) is 22.6 Å². The van der Waals surface area contributed by atoms with Gasteiger partial charge < -0.3 is 15.1 Å². The Morgan fingerprint density at radius 3 is 2.52 bits per heavy atom. The van der Waals surface area contributed by atoms with Crippen LogP contribution in [0.5, 0.6) is 0 Å². The SMILES string of the molecule is CN(C)CCCN1c2ccccc2CNc2ccccc21. The van der Waals surface area contributed by atoms with E-state index in [1.54, 1.807) is 0 Å². The predicted octanol–water partition coefficient (Wildman–Crippen LogP) is 3.70. The van der Waals surface area contributed by atoms with Crippen LogP contribution in [0.15, 0.2) is 48.5 Å². The summed E-state index contributed by atoms with van der Waals surface area (Å²) in [5, 5.41) is 3.56. The van der Waals surface area contributed by atoms with Crippen LogP contribution < -0.4 is 10.2 Å². The normalized spacial score (nSPS) is 13.4. The van der Waals surface area contributed by atoms with Gasteiger partial charge in [-0.15, -0.1) is 0 Å². The molecule has 0 spiro atoms. The number of hydrogen-bond acceptors (Lipinski definition) is 3. The summed E-state index contributed by atoms with van der Waals surface area (Å²) < 4.78 is 0. The van der Waals surface area contributed by atoms with Gasteiger partial charge in [-0.25, -0.2) is 0 Å². The highest BCUT2D eigenvalue weighted by atomic mass is 15.2. The van der Waals surface area contributed by atoms with Gasteiger partial charge in [-0.2, -0.15) is 0 Å². The summed E-state index contributed by atoms with van der Waals surface area (Å²) in [6.45, 7) is 3.03. The number of benzene rings is 2. The fraction of sp³-hybridized carbons (Fsp3) is 0.333. The summed E-state index contributed by atoms with van der Waals surface area (Å²) in [4.78, 5) is 4.70. The third-order valence-corrected chi connectivity index (χ3v) is 3.93. The lowest BCUT2D eigenvalue weighted by atomic mass is 10.1. The van der Waals surface area contributed by atoms with Gasteiger partial charge in [0.1, 0.15) is 0 Å². The smallest absolute Gasteiger partial charge is 0.0646 e. The highest BCUT2D eigenvalue weighted by Crippen LogP contribution is 2.37. The highest BCUT2D eigenvalue weighted by Gasteiger charge is 2.19. The molecule has 0 amide bonds. The van der Waals surface area contributed by atoms with Gasteiger partial charge in [0.2, 0.25) is 0 Å². The molecule has 1 N–H and O–H groups in total. The molecule has 21 heavy (non-hydrogen) atoms. The van der Waals surface area contributed by atoms with Crippen molar-refractivity contribution in [2.75, 3.05) is 37.4 Å². The molecule has 1 aliphatic rings. The van der Waals surface area contributed by atoms with Crippen LogP contribution in [0, 0.1) is 0 Å². The van der Waals surface area contributed by atoms with E-state index in [2.05, 4.69) is 77.7 Å². The van der Waals surface area contributed by atoms with Crippen LogP contribution in [-0.2, 0) is 6.54 Å². The van der Waals surface area contributed by atoms with Gasteiger partial charge >= 0.3 is 0 Å². The first-order valence-electron chi connectivity index (χ1n) is 7.59. The Bertz CT molecular complexity index is 559. The first kappa shape index (κ1) is 14.0. The summed E-state index contributed by atoms with van der Waals surface area (Å²) in [6, 6.07) is 17.3. The van der Waals surface area contributed by atoms with Crippen molar-refractivity contribution in [1.82, 2.24) is 4.90 Å². The van der Waals surface area contributed by atoms with E-state index in [0.717, 1.165) is 26.1 Å². The van der Waals surface area contributed by atoms with Crippen molar-refractivity contribution in [3.8, 4) is 0 Å². The molecule has 0 aliphatic carbocycles. The molecule has 0 saturated heterocycles. The molecule has 110 valence electrons. The average Bonchev–Trinajstić information content (AvgIpc) is 2.65. The minimum absolute atomic E-state index is 0.886. The lowest BCUT2D eigenvalue weighted by Crippen LogP contribution is -2.23. The average molecular weight is 281 g/mol. The summed E-state index contributed by atoms with van der Waals surface area (Å²) in [5.74, 6) is 0. The molecular weight excluding hydrogens is 258 g/mol. The molecule has 0 aromatic heterocycles. The van der Waals surface area contributed by atoms with Crippen molar-refractivity contribution in [3.63, 3.8) is 0 Å². The number of anilines is 3. The second-order valence-electron chi connectivity index (χ2n) is 5.81. The standard InChI is InChI=1S/C18H23N3/c1-20(2)12-7-13-21-17-10-5-3-8-15(17)14-19-16-9-4-6-11-18(16)21/h3-6,8-11,19H,7,12-14H2,1-2H3. The van der Waals surface area contributed by atoms with Crippen molar-refractivity contribution in [2.24, 2.45) is 0 Å². The molecule has 3 rings (SSSR count). The van der Waals surface area contributed by atoms with Crippen molar-refractivity contribution < 1.29 is 0 Å². The van der Waals surface area contributed by atoms with E-state index in [0.29, 0.717) is 0 Å². The Morgan fingerprint density at radius 1 is 1.00 bits per heavy atom. The first-order valence-corrected chi connectivity index (χ1v) is 7.59. The Balaban J connectivity index is 1.95. The Hall–Kier alpha value is -2.00. The second-order valence-corrected chi connectivity index (χ2v) is 5.81. The Kier molecular flexibility index (Phi) is 4.11. The van der Waals surface area contributed by atoms with E-state index in [-0.39, 0.29) is 0 Å². The molecule has 1 aliphatic heterocycles. The summed E-state index contributed by atoms with van der Waals surface area (Å²) in [6.07, 6.45) is 1.15. The molecular formula is C18H23N3. The maximum atomic E-state index is 3.56. The molecule has 0 radical (unpaired) electrons. The molecule has 0 bridgehead atoms. The number of fused-ring (bicyclic) bond motifs is 2. The molecule has 0 unspecified atom stereocenters. The monoisotopic (exact) mass is 281 g/mol. The molecule has 3 heteroatoms. The van der Waals surface area contributed by atoms with Crippen LogP contribution >= 0.6 is 0 Å². The molecule has 1 heterocycles. The molecule has 3 nitrogen and oxygen atoms in total. The van der Waals surface area contributed by atoms with Crippen LogP contribution in [0.3, 0.4) is 0 Å². The zero-order valence-electron chi connectivity index (χ0n) is 12.8. The van der Waals surface area contributed by atoms with Gasteiger partial charge in [0.05, 0.1) is 11.4 Å². The van der Waals surface area contributed by atoms with Gasteiger partial charge in [-0.05, 0) is 50.8 Å². The van der Waals surface area contributed by atoms with E-state index in [1.807, 2.05) is 0 Å². The van der Waals surface area contributed by atoms with Gasteiger partial charge in [0, 0.05) is 18.8 Å². The molecule has 2 aromatic carbocycles. The largest absolute Gasteiger partial charge is 0.379 e. The Labute approximate surface area is 127 Å². The zero-order valence-corrected chi connectivity index (χ0v) is 12.8. The fourth-order valence-corrected chi connectivity index (χ4v) is 2.89. The maximum absolute atomic E-state index is 3.56. The van der Waals surface area contributed by atoms with Crippen LogP contribution in [0.25, 0.3) is 0 Å². The van der Waals surface area contributed by atoms with Crippen molar-refractivity contribution in [3.05, 3.63) is 54.1 Å². The lowest BCUT2D eigenvalue weighted by Gasteiger charge is -2.27. The van der Waals surface area contributed by atoms with Gasteiger partial charge in [0.25, 0.3) is 0 Å². The van der Waals surface area contributed by atoms with E-state index < -0.39 is 0 Å². The third-order valence-electron chi connectivity index (χ3n) is 3.93. The van der Waals surface area contributed by atoms with Crippen LogP contribution in [0.4, 0.5) is 17.1 Å². The number of nitrogens with one attached hydrogen (secondary N) is 1. The van der Waals surface area contributed by atoms with E-state index >= 15 is 0 Å². The van der Waals surface area contributed by atoms with E-state index in [4.69, 9.17) is 0 Å². The lowest BCUT2D eigenvalue weighted by molar-refractivity contribution is 0.402. The molecule has 0 saturated carbocycles. The zero-order chi connectivity index (χ0) is 14.7. The Morgan fingerprint density at radius 2 is 1.71 bits per heavy atom.